The third-order valence-electron chi connectivity index (χ3n) is 3.29. The summed E-state index contributed by atoms with van der Waals surface area (Å²) in [7, 11) is 0. The number of aromatic nitrogens is 2. The fourth-order valence-electron chi connectivity index (χ4n) is 2.42. The number of hydrogen-bond acceptors (Lipinski definition) is 2. The Morgan fingerprint density at radius 1 is 1.45 bits per heavy atom. The van der Waals surface area contributed by atoms with E-state index in [0.29, 0.717) is 17.6 Å². The zero-order valence-corrected chi connectivity index (χ0v) is 11.2. The van der Waals surface area contributed by atoms with Gasteiger partial charge in [0.15, 0.2) is 0 Å². The van der Waals surface area contributed by atoms with Gasteiger partial charge in [-0.15, -0.1) is 0 Å². The summed E-state index contributed by atoms with van der Waals surface area (Å²) >= 11 is 0. The number of guanidine groups is 1. The van der Waals surface area contributed by atoms with E-state index in [4.69, 9.17) is 5.73 Å². The molecule has 0 fully saturated rings. The van der Waals surface area contributed by atoms with Crippen molar-refractivity contribution in [3.05, 3.63) is 51.9 Å². The molecule has 0 spiro atoms. The normalized spacial score (nSPS) is 15.8. The summed E-state index contributed by atoms with van der Waals surface area (Å²) in [6.45, 7) is 2.58. The van der Waals surface area contributed by atoms with Gasteiger partial charge in [0.25, 0.3) is 11.5 Å². The van der Waals surface area contributed by atoms with Crippen LogP contribution in [0, 0.1) is 6.92 Å². The smallest absolute Gasteiger partial charge is 0.290 e. The maximum atomic E-state index is 11.4. The Morgan fingerprint density at radius 2 is 2.25 bits per heavy atom. The minimum atomic E-state index is -0.199. The van der Waals surface area contributed by atoms with E-state index in [1.54, 1.807) is 6.92 Å². The van der Waals surface area contributed by atoms with Crippen molar-refractivity contribution in [2.45, 2.75) is 13.3 Å². The Hall–Kier alpha value is -2.63. The van der Waals surface area contributed by atoms with E-state index in [1.807, 2.05) is 22.8 Å². The molecule has 0 unspecified atom stereocenters. The molecule has 1 aliphatic heterocycles. The summed E-state index contributed by atoms with van der Waals surface area (Å²) in [6, 6.07) is 9.56. The average molecular weight is 270 g/mol. The fourth-order valence-corrected chi connectivity index (χ4v) is 2.42. The van der Waals surface area contributed by atoms with Gasteiger partial charge < -0.3 is 0 Å². The highest BCUT2D eigenvalue weighted by Gasteiger charge is 2.21. The van der Waals surface area contributed by atoms with Gasteiger partial charge in [0.05, 0.1) is 6.54 Å². The van der Waals surface area contributed by atoms with Crippen LogP contribution in [0.1, 0.15) is 11.3 Å². The first-order valence-corrected chi connectivity index (χ1v) is 6.46. The van der Waals surface area contributed by atoms with Crippen molar-refractivity contribution in [1.29, 1.82) is 0 Å². The second-order valence-corrected chi connectivity index (χ2v) is 4.78. The third kappa shape index (κ3) is 2.27. The molecule has 0 radical (unpaired) electrons. The highest BCUT2D eigenvalue weighted by molar-refractivity contribution is 5.87. The first kappa shape index (κ1) is 12.4. The van der Waals surface area contributed by atoms with Gasteiger partial charge in [0.2, 0.25) is 0 Å². The maximum absolute atomic E-state index is 11.4. The maximum Gasteiger partial charge on any atom is 0.355 e. The van der Waals surface area contributed by atoms with Crippen LogP contribution < -0.4 is 16.6 Å². The number of aryl methyl sites for hydroxylation is 1. The van der Waals surface area contributed by atoms with Crippen molar-refractivity contribution in [2.24, 2.45) is 5.73 Å². The van der Waals surface area contributed by atoms with Crippen LogP contribution in [0.15, 0.2) is 35.1 Å². The van der Waals surface area contributed by atoms with Crippen molar-refractivity contribution in [2.75, 3.05) is 11.9 Å². The molecule has 0 bridgehead atoms. The lowest BCUT2D eigenvalue weighted by atomic mass is 10.2. The first-order chi connectivity index (χ1) is 9.63. The van der Waals surface area contributed by atoms with Gasteiger partial charge in [-0.05, 0) is 18.6 Å². The molecule has 6 nitrogen and oxygen atoms in total. The number of nitrogens with two attached hydrogens (primary N) is 1. The molecule has 1 aliphatic rings. The molecule has 1 aromatic heterocycles. The van der Waals surface area contributed by atoms with Crippen LogP contribution in [-0.2, 0) is 6.42 Å². The number of hydrogen-bond donors (Lipinski definition) is 3. The van der Waals surface area contributed by atoms with E-state index >= 15 is 0 Å². The third-order valence-corrected chi connectivity index (χ3v) is 3.29. The van der Waals surface area contributed by atoms with Gasteiger partial charge in [-0.1, -0.05) is 18.2 Å². The molecular formula is C14H16N5O+. The molecule has 3 rings (SSSR count). The van der Waals surface area contributed by atoms with Gasteiger partial charge >= 0.3 is 5.96 Å². The number of anilines is 1. The topological polar surface area (TPSA) is 86.8 Å². The van der Waals surface area contributed by atoms with E-state index in [0.717, 1.165) is 18.7 Å². The summed E-state index contributed by atoms with van der Waals surface area (Å²) in [5, 5.41) is 2.96. The monoisotopic (exact) mass is 270 g/mol. The number of H-pyrrole nitrogens is 1. The number of nitrogens with one attached hydrogen (secondary N) is 2. The molecule has 2 heterocycles. The van der Waals surface area contributed by atoms with Crippen molar-refractivity contribution >= 4 is 17.6 Å². The van der Waals surface area contributed by atoms with E-state index < -0.39 is 0 Å². The molecular weight excluding hydrogens is 254 g/mol. The summed E-state index contributed by atoms with van der Waals surface area (Å²) in [5.41, 5.74) is 8.90. The molecule has 102 valence electrons. The largest absolute Gasteiger partial charge is 0.355 e. The molecule has 20 heavy (non-hydrogen) atoms. The molecule has 0 aliphatic carbocycles. The molecule has 6 heteroatoms. The minimum Gasteiger partial charge on any atom is -0.290 e. The zero-order valence-electron chi connectivity index (χ0n) is 11.2. The molecule has 0 amide bonds. The summed E-state index contributed by atoms with van der Waals surface area (Å²) in [6.07, 6.45) is 0.955. The van der Waals surface area contributed by atoms with E-state index in [1.165, 1.54) is 11.6 Å². The van der Waals surface area contributed by atoms with Gasteiger partial charge in [-0.25, -0.2) is 14.9 Å². The van der Waals surface area contributed by atoms with Crippen LogP contribution in [0.2, 0.25) is 0 Å². The summed E-state index contributed by atoms with van der Waals surface area (Å²) in [5.74, 6) is 0.820. The molecule has 4 N–H and O–H groups in total. The quantitative estimate of drug-likeness (QED) is 0.526. The van der Waals surface area contributed by atoms with Crippen LogP contribution in [0.3, 0.4) is 0 Å². The SMILES string of the molecule is Cc1cc(=O)[nH]c(NC(N)=[N+]2CCc3ccccc32)n1. The predicted molar refractivity (Wildman–Crippen MR) is 77.3 cm³/mol. The number of para-hydroxylation sites is 1. The molecule has 0 saturated carbocycles. The molecule has 0 saturated heterocycles. The van der Waals surface area contributed by atoms with E-state index in [9.17, 15) is 4.79 Å². The number of benzene rings is 1. The second-order valence-electron chi connectivity index (χ2n) is 4.78. The second kappa shape index (κ2) is 4.80. The Labute approximate surface area is 116 Å². The predicted octanol–water partition coefficient (Wildman–Crippen LogP) is 0.705. The van der Waals surface area contributed by atoms with Crippen LogP contribution in [0.25, 0.3) is 0 Å². The number of aromatic amines is 1. The molecule has 2 aromatic rings. The lowest BCUT2D eigenvalue weighted by Gasteiger charge is -2.05. The van der Waals surface area contributed by atoms with Crippen LogP contribution >= 0.6 is 0 Å². The van der Waals surface area contributed by atoms with Crippen molar-refractivity contribution in [3.8, 4) is 0 Å². The highest BCUT2D eigenvalue weighted by atomic mass is 16.1. The van der Waals surface area contributed by atoms with Crippen molar-refractivity contribution < 1.29 is 4.58 Å². The zero-order chi connectivity index (χ0) is 14.1. The number of fused-ring (bicyclic) bond motifs is 1. The van der Waals surface area contributed by atoms with Crippen LogP contribution in [-0.4, -0.2) is 27.0 Å². The summed E-state index contributed by atoms with van der Waals surface area (Å²) in [4.78, 5) is 18.2. The molecule has 0 atom stereocenters. The van der Waals surface area contributed by atoms with Crippen molar-refractivity contribution in [1.82, 2.24) is 9.97 Å². The first-order valence-electron chi connectivity index (χ1n) is 6.46. The Morgan fingerprint density at radius 3 is 3.05 bits per heavy atom. The fraction of sp³-hybridized carbons (Fsp3) is 0.214. The van der Waals surface area contributed by atoms with Gasteiger partial charge in [0.1, 0.15) is 5.69 Å². The Kier molecular flexibility index (Phi) is 2.98. The highest BCUT2D eigenvalue weighted by Crippen LogP contribution is 2.25. The number of rotatable bonds is 1. The van der Waals surface area contributed by atoms with Crippen LogP contribution in [0.5, 0.6) is 0 Å². The summed E-state index contributed by atoms with van der Waals surface area (Å²) < 4.78 is 1.98. The Bertz CT molecular complexity index is 747. The van der Waals surface area contributed by atoms with E-state index in [2.05, 4.69) is 21.4 Å². The van der Waals surface area contributed by atoms with Gasteiger partial charge in [-0.3, -0.25) is 15.5 Å². The van der Waals surface area contributed by atoms with Gasteiger partial charge in [0, 0.05) is 18.2 Å². The lowest BCUT2D eigenvalue weighted by molar-refractivity contribution is -0.430. The Balaban J connectivity index is 1.95. The van der Waals surface area contributed by atoms with Gasteiger partial charge in [-0.2, -0.15) is 0 Å². The lowest BCUT2D eigenvalue weighted by Crippen LogP contribution is -2.33. The van der Waals surface area contributed by atoms with Crippen LogP contribution in [0.4, 0.5) is 11.6 Å². The molecule has 1 aromatic carbocycles. The minimum absolute atomic E-state index is 0.199. The van der Waals surface area contributed by atoms with E-state index in [-0.39, 0.29) is 5.56 Å². The standard InChI is InChI=1S/C14H15N5O/c1-9-8-12(20)17-14(16-9)18-13(15)19-7-6-10-4-2-3-5-11(10)19/h2-5,8H,6-7H2,1H3,(H3,15,16,17,18,20)/p+1. The average Bonchev–Trinajstić information content (AvgIpc) is 2.81. The number of nitrogens with zero attached hydrogens (tertiary/aromatic N) is 2. The van der Waals surface area contributed by atoms with Crippen molar-refractivity contribution in [3.63, 3.8) is 0 Å².